The van der Waals surface area contributed by atoms with Crippen molar-refractivity contribution in [3.05, 3.63) is 17.7 Å². The maximum Gasteiger partial charge on any atom is 0.131 e. The van der Waals surface area contributed by atoms with Gasteiger partial charge in [-0.2, -0.15) is 0 Å². The van der Waals surface area contributed by atoms with Gasteiger partial charge in [-0.05, 0) is 12.8 Å². The average Bonchev–Trinajstić information content (AvgIpc) is 2.95. The molecule has 0 saturated heterocycles. The van der Waals surface area contributed by atoms with Crippen LogP contribution in [0.4, 0.5) is 0 Å². The van der Waals surface area contributed by atoms with Crippen molar-refractivity contribution in [2.75, 3.05) is 14.2 Å². The molecule has 0 heterocycles. The standard InChI is InChI=1S/C11H15NO3/c1-14-7-5-8(13)10(9(6-7)15-2)11(12)3-4-11/h5-6,13H,3-4,12H2,1-2H3. The van der Waals surface area contributed by atoms with Crippen LogP contribution in [-0.2, 0) is 5.54 Å². The summed E-state index contributed by atoms with van der Waals surface area (Å²) in [5.41, 5.74) is 6.33. The number of phenolic OH excluding ortho intramolecular Hbond substituents is 1. The Bertz CT molecular complexity index is 386. The zero-order chi connectivity index (χ0) is 11.1. The van der Waals surface area contributed by atoms with E-state index in [9.17, 15) is 5.11 Å². The maximum absolute atomic E-state index is 9.87. The van der Waals surface area contributed by atoms with Crippen molar-refractivity contribution < 1.29 is 14.6 Å². The van der Waals surface area contributed by atoms with Gasteiger partial charge >= 0.3 is 0 Å². The number of hydrogen-bond acceptors (Lipinski definition) is 4. The molecule has 0 spiro atoms. The number of methoxy groups -OCH3 is 2. The van der Waals surface area contributed by atoms with Crippen LogP contribution in [0.3, 0.4) is 0 Å². The fourth-order valence-electron chi connectivity index (χ4n) is 1.74. The van der Waals surface area contributed by atoms with E-state index in [0.29, 0.717) is 17.1 Å². The average molecular weight is 209 g/mol. The van der Waals surface area contributed by atoms with Crippen molar-refractivity contribution in [1.82, 2.24) is 0 Å². The fourth-order valence-corrected chi connectivity index (χ4v) is 1.74. The highest BCUT2D eigenvalue weighted by atomic mass is 16.5. The Morgan fingerprint density at radius 2 is 1.93 bits per heavy atom. The number of benzene rings is 1. The minimum Gasteiger partial charge on any atom is -0.507 e. The van der Waals surface area contributed by atoms with Crippen LogP contribution in [-0.4, -0.2) is 19.3 Å². The molecule has 3 N–H and O–H groups in total. The number of nitrogens with two attached hydrogens (primary N) is 1. The van der Waals surface area contributed by atoms with Gasteiger partial charge in [-0.1, -0.05) is 0 Å². The van der Waals surface area contributed by atoms with Crippen LogP contribution in [0.2, 0.25) is 0 Å². The molecule has 1 aromatic carbocycles. The van der Waals surface area contributed by atoms with Crippen LogP contribution in [0.15, 0.2) is 12.1 Å². The van der Waals surface area contributed by atoms with Crippen molar-refractivity contribution >= 4 is 0 Å². The monoisotopic (exact) mass is 209 g/mol. The predicted molar refractivity (Wildman–Crippen MR) is 56.3 cm³/mol. The van der Waals surface area contributed by atoms with Gasteiger partial charge in [0.25, 0.3) is 0 Å². The van der Waals surface area contributed by atoms with Gasteiger partial charge in [-0.3, -0.25) is 0 Å². The highest BCUT2D eigenvalue weighted by Crippen LogP contribution is 2.51. The summed E-state index contributed by atoms with van der Waals surface area (Å²) in [6.07, 6.45) is 1.76. The first-order valence-electron chi connectivity index (χ1n) is 4.85. The molecule has 1 aromatic rings. The highest BCUT2D eigenvalue weighted by molar-refractivity contribution is 5.55. The Kier molecular flexibility index (Phi) is 2.23. The second-order valence-electron chi connectivity index (χ2n) is 3.88. The molecule has 1 aliphatic carbocycles. The van der Waals surface area contributed by atoms with Gasteiger partial charge in [0.05, 0.1) is 19.8 Å². The summed E-state index contributed by atoms with van der Waals surface area (Å²) in [4.78, 5) is 0. The van der Waals surface area contributed by atoms with E-state index in [0.717, 1.165) is 12.8 Å². The Morgan fingerprint density at radius 3 is 2.40 bits per heavy atom. The third-order valence-electron chi connectivity index (χ3n) is 2.80. The van der Waals surface area contributed by atoms with Crippen LogP contribution in [0, 0.1) is 0 Å². The lowest BCUT2D eigenvalue weighted by atomic mass is 10.0. The Hall–Kier alpha value is -1.42. The lowest BCUT2D eigenvalue weighted by Crippen LogP contribution is -2.19. The maximum atomic E-state index is 9.87. The molecule has 2 rings (SSSR count). The summed E-state index contributed by atoms with van der Waals surface area (Å²) < 4.78 is 10.3. The SMILES string of the molecule is COc1cc(O)c(C2(N)CC2)c(OC)c1. The van der Waals surface area contributed by atoms with Gasteiger partial charge in [-0.15, -0.1) is 0 Å². The van der Waals surface area contributed by atoms with E-state index in [4.69, 9.17) is 15.2 Å². The molecule has 1 fully saturated rings. The second-order valence-corrected chi connectivity index (χ2v) is 3.88. The summed E-state index contributed by atoms with van der Waals surface area (Å²) in [6.45, 7) is 0. The second kappa shape index (κ2) is 3.31. The normalized spacial score (nSPS) is 17.3. The van der Waals surface area contributed by atoms with E-state index in [1.165, 1.54) is 0 Å². The molecule has 0 bridgehead atoms. The van der Waals surface area contributed by atoms with Crippen molar-refractivity contribution in [2.24, 2.45) is 5.73 Å². The third kappa shape index (κ3) is 1.61. The van der Waals surface area contributed by atoms with E-state index >= 15 is 0 Å². The molecule has 0 aromatic heterocycles. The Labute approximate surface area is 88.6 Å². The van der Waals surface area contributed by atoms with Gasteiger partial charge in [0.2, 0.25) is 0 Å². The minimum absolute atomic E-state index is 0.145. The zero-order valence-corrected chi connectivity index (χ0v) is 8.91. The zero-order valence-electron chi connectivity index (χ0n) is 8.91. The minimum atomic E-state index is -0.415. The number of phenols is 1. The van der Waals surface area contributed by atoms with E-state index < -0.39 is 5.54 Å². The van der Waals surface area contributed by atoms with E-state index in [1.807, 2.05) is 0 Å². The summed E-state index contributed by atoms with van der Waals surface area (Å²) in [7, 11) is 3.10. The molecule has 0 amide bonds. The number of ether oxygens (including phenoxy) is 2. The molecular formula is C11H15NO3. The first-order valence-corrected chi connectivity index (χ1v) is 4.85. The number of rotatable bonds is 3. The van der Waals surface area contributed by atoms with Gasteiger partial charge in [0, 0.05) is 17.7 Å². The first-order chi connectivity index (χ1) is 7.10. The molecule has 0 atom stereocenters. The van der Waals surface area contributed by atoms with Crippen molar-refractivity contribution in [3.63, 3.8) is 0 Å². The number of aromatic hydroxyl groups is 1. The van der Waals surface area contributed by atoms with E-state index in [2.05, 4.69) is 0 Å². The fraction of sp³-hybridized carbons (Fsp3) is 0.455. The Morgan fingerprint density at radius 1 is 1.27 bits per heavy atom. The molecule has 15 heavy (non-hydrogen) atoms. The van der Waals surface area contributed by atoms with Crippen LogP contribution in [0.5, 0.6) is 17.2 Å². The molecule has 0 aliphatic heterocycles. The van der Waals surface area contributed by atoms with Gasteiger partial charge in [0.15, 0.2) is 0 Å². The summed E-state index contributed by atoms with van der Waals surface area (Å²) in [6, 6.07) is 3.30. The molecule has 1 aliphatic rings. The first kappa shape index (κ1) is 10.1. The van der Waals surface area contributed by atoms with Gasteiger partial charge < -0.3 is 20.3 Å². The van der Waals surface area contributed by atoms with Crippen molar-refractivity contribution in [1.29, 1.82) is 0 Å². The highest BCUT2D eigenvalue weighted by Gasteiger charge is 2.44. The summed E-state index contributed by atoms with van der Waals surface area (Å²) >= 11 is 0. The predicted octanol–water partition coefficient (Wildman–Crippen LogP) is 1.36. The quantitative estimate of drug-likeness (QED) is 0.788. The third-order valence-corrected chi connectivity index (χ3v) is 2.80. The molecule has 4 nitrogen and oxygen atoms in total. The van der Waals surface area contributed by atoms with Gasteiger partial charge in [-0.25, -0.2) is 0 Å². The van der Waals surface area contributed by atoms with Gasteiger partial charge in [0.1, 0.15) is 17.2 Å². The topological polar surface area (TPSA) is 64.7 Å². The number of hydrogen-bond donors (Lipinski definition) is 2. The van der Waals surface area contributed by atoms with Crippen LogP contribution < -0.4 is 15.2 Å². The molecule has 1 saturated carbocycles. The molecule has 0 radical (unpaired) electrons. The van der Waals surface area contributed by atoms with Crippen LogP contribution in [0.1, 0.15) is 18.4 Å². The van der Waals surface area contributed by atoms with E-state index in [1.54, 1.807) is 26.4 Å². The van der Waals surface area contributed by atoms with Crippen molar-refractivity contribution in [3.8, 4) is 17.2 Å². The summed E-state index contributed by atoms with van der Waals surface area (Å²) in [5, 5.41) is 9.87. The van der Waals surface area contributed by atoms with Crippen molar-refractivity contribution in [2.45, 2.75) is 18.4 Å². The smallest absolute Gasteiger partial charge is 0.131 e. The van der Waals surface area contributed by atoms with Crippen LogP contribution in [0.25, 0.3) is 0 Å². The molecule has 0 unspecified atom stereocenters. The lowest BCUT2D eigenvalue weighted by molar-refractivity contribution is 0.373. The molecule has 82 valence electrons. The lowest BCUT2D eigenvalue weighted by Gasteiger charge is -2.17. The molecule has 4 heteroatoms. The summed E-state index contributed by atoms with van der Waals surface area (Å²) in [5.74, 6) is 1.30. The van der Waals surface area contributed by atoms with Crippen LogP contribution >= 0.6 is 0 Å². The Balaban J connectivity index is 2.52. The van der Waals surface area contributed by atoms with E-state index in [-0.39, 0.29) is 5.75 Å². The molecular weight excluding hydrogens is 194 g/mol. The largest absolute Gasteiger partial charge is 0.507 e.